The highest BCUT2D eigenvalue weighted by Gasteiger charge is 2.08. The van der Waals surface area contributed by atoms with Gasteiger partial charge in [-0.2, -0.15) is 0 Å². The lowest BCUT2D eigenvalue weighted by molar-refractivity contribution is 0.291. The molecule has 0 saturated carbocycles. The minimum absolute atomic E-state index is 0.132. The van der Waals surface area contributed by atoms with E-state index in [9.17, 15) is 0 Å². The molecule has 0 aliphatic rings. The average Bonchev–Trinajstić information content (AvgIpc) is 2.46. The molecular weight excluding hydrogens is 250 g/mol. The van der Waals surface area contributed by atoms with E-state index in [4.69, 9.17) is 9.84 Å². The van der Waals surface area contributed by atoms with Crippen LogP contribution in [0.15, 0.2) is 48.6 Å². The Labute approximate surface area is 119 Å². The van der Waals surface area contributed by atoms with Crippen LogP contribution in [0.3, 0.4) is 0 Å². The van der Waals surface area contributed by atoms with Crippen molar-refractivity contribution in [2.75, 3.05) is 19.8 Å². The molecule has 0 aliphatic heterocycles. The van der Waals surface area contributed by atoms with E-state index in [2.05, 4.69) is 30.1 Å². The first kappa shape index (κ1) is 14.6. The molecule has 0 unspecified atom stereocenters. The van der Waals surface area contributed by atoms with Gasteiger partial charge in [0.25, 0.3) is 0 Å². The molecule has 0 aromatic heterocycles. The highest BCUT2D eigenvalue weighted by molar-refractivity contribution is 5.87. The first-order chi connectivity index (χ1) is 9.72. The molecule has 0 radical (unpaired) electrons. The number of ether oxygens (including phenoxy) is 1. The van der Waals surface area contributed by atoms with Gasteiger partial charge in [0.1, 0.15) is 12.4 Å². The third kappa shape index (κ3) is 3.59. The molecule has 0 fully saturated rings. The standard InChI is InChI=1S/C17H21NO2/c1-13(2)12-20-17-8-7-14-5-3-4-6-15(14)16(17)11-18-9-10-19/h3-8,18-19H,1,9-12H2,2H3. The molecule has 0 bridgehead atoms. The second-order valence-electron chi connectivity index (χ2n) is 4.91. The van der Waals surface area contributed by atoms with E-state index in [1.165, 1.54) is 10.8 Å². The molecule has 3 nitrogen and oxygen atoms in total. The van der Waals surface area contributed by atoms with Gasteiger partial charge in [-0.3, -0.25) is 0 Å². The molecular formula is C17H21NO2. The fourth-order valence-corrected chi connectivity index (χ4v) is 2.13. The lowest BCUT2D eigenvalue weighted by atomic mass is 10.0. The summed E-state index contributed by atoms with van der Waals surface area (Å²) in [5, 5.41) is 14.5. The zero-order valence-corrected chi connectivity index (χ0v) is 11.9. The molecule has 0 aliphatic carbocycles. The summed E-state index contributed by atoms with van der Waals surface area (Å²) in [5.41, 5.74) is 2.12. The zero-order valence-electron chi connectivity index (χ0n) is 11.9. The van der Waals surface area contributed by atoms with Crippen molar-refractivity contribution in [2.24, 2.45) is 0 Å². The van der Waals surface area contributed by atoms with Gasteiger partial charge in [-0.1, -0.05) is 36.9 Å². The fraction of sp³-hybridized carbons (Fsp3) is 0.294. The maximum atomic E-state index is 8.90. The third-order valence-electron chi connectivity index (χ3n) is 3.06. The predicted molar refractivity (Wildman–Crippen MR) is 83.0 cm³/mol. The van der Waals surface area contributed by atoms with Crippen molar-refractivity contribution in [3.8, 4) is 5.75 Å². The highest BCUT2D eigenvalue weighted by Crippen LogP contribution is 2.28. The van der Waals surface area contributed by atoms with Crippen molar-refractivity contribution < 1.29 is 9.84 Å². The van der Waals surface area contributed by atoms with Gasteiger partial charge in [0.05, 0.1) is 6.61 Å². The van der Waals surface area contributed by atoms with Crippen molar-refractivity contribution in [1.82, 2.24) is 5.32 Å². The van der Waals surface area contributed by atoms with Gasteiger partial charge < -0.3 is 15.2 Å². The number of hydrogen-bond acceptors (Lipinski definition) is 3. The average molecular weight is 271 g/mol. The first-order valence-electron chi connectivity index (χ1n) is 6.81. The van der Waals surface area contributed by atoms with Crippen LogP contribution in [-0.4, -0.2) is 24.9 Å². The fourth-order valence-electron chi connectivity index (χ4n) is 2.13. The molecule has 0 saturated heterocycles. The summed E-state index contributed by atoms with van der Waals surface area (Å²) in [6, 6.07) is 12.3. The Kier molecular flexibility index (Phi) is 5.16. The Morgan fingerprint density at radius 1 is 1.25 bits per heavy atom. The molecule has 0 atom stereocenters. The molecule has 0 spiro atoms. The summed E-state index contributed by atoms with van der Waals surface area (Å²) >= 11 is 0. The normalized spacial score (nSPS) is 10.7. The van der Waals surface area contributed by atoms with Crippen LogP contribution in [0.25, 0.3) is 10.8 Å². The van der Waals surface area contributed by atoms with Gasteiger partial charge in [0.2, 0.25) is 0 Å². The second-order valence-corrected chi connectivity index (χ2v) is 4.91. The summed E-state index contributed by atoms with van der Waals surface area (Å²) in [6.45, 7) is 7.71. The van der Waals surface area contributed by atoms with Crippen LogP contribution in [-0.2, 0) is 6.54 Å². The van der Waals surface area contributed by atoms with E-state index >= 15 is 0 Å². The van der Waals surface area contributed by atoms with Crippen LogP contribution in [0.1, 0.15) is 12.5 Å². The van der Waals surface area contributed by atoms with E-state index in [1.807, 2.05) is 25.1 Å². The number of aliphatic hydroxyl groups is 1. The van der Waals surface area contributed by atoms with Crippen LogP contribution in [0.2, 0.25) is 0 Å². The maximum Gasteiger partial charge on any atom is 0.124 e. The topological polar surface area (TPSA) is 41.5 Å². The molecule has 2 aromatic rings. The molecule has 0 heterocycles. The van der Waals surface area contributed by atoms with Crippen molar-refractivity contribution >= 4 is 10.8 Å². The maximum absolute atomic E-state index is 8.90. The molecule has 2 rings (SSSR count). The molecule has 3 heteroatoms. The monoisotopic (exact) mass is 271 g/mol. The predicted octanol–water partition coefficient (Wildman–Crippen LogP) is 2.88. The highest BCUT2D eigenvalue weighted by atomic mass is 16.5. The molecule has 0 amide bonds. The van der Waals surface area contributed by atoms with Crippen LogP contribution in [0, 0.1) is 0 Å². The van der Waals surface area contributed by atoms with Gasteiger partial charge in [-0.25, -0.2) is 0 Å². The van der Waals surface area contributed by atoms with Gasteiger partial charge in [0.15, 0.2) is 0 Å². The van der Waals surface area contributed by atoms with E-state index < -0.39 is 0 Å². The SMILES string of the molecule is C=C(C)COc1ccc2ccccc2c1CNCCO. The Morgan fingerprint density at radius 3 is 2.80 bits per heavy atom. The van der Waals surface area contributed by atoms with Gasteiger partial charge in [-0.05, 0) is 29.3 Å². The Morgan fingerprint density at radius 2 is 2.05 bits per heavy atom. The summed E-state index contributed by atoms with van der Waals surface area (Å²) < 4.78 is 5.84. The lowest BCUT2D eigenvalue weighted by Gasteiger charge is -2.15. The van der Waals surface area contributed by atoms with E-state index in [-0.39, 0.29) is 6.61 Å². The lowest BCUT2D eigenvalue weighted by Crippen LogP contribution is -2.18. The van der Waals surface area contributed by atoms with Crippen LogP contribution < -0.4 is 10.1 Å². The van der Waals surface area contributed by atoms with Crippen molar-refractivity contribution in [1.29, 1.82) is 0 Å². The van der Waals surface area contributed by atoms with Gasteiger partial charge in [-0.15, -0.1) is 0 Å². The zero-order chi connectivity index (χ0) is 14.4. The van der Waals surface area contributed by atoms with Crippen molar-refractivity contribution in [2.45, 2.75) is 13.5 Å². The summed E-state index contributed by atoms with van der Waals surface area (Å²) in [5.74, 6) is 0.872. The van der Waals surface area contributed by atoms with Crippen molar-refractivity contribution in [3.05, 3.63) is 54.1 Å². The summed E-state index contributed by atoms with van der Waals surface area (Å²) in [6.07, 6.45) is 0. The van der Waals surface area contributed by atoms with E-state index in [1.54, 1.807) is 0 Å². The van der Waals surface area contributed by atoms with Gasteiger partial charge >= 0.3 is 0 Å². The van der Waals surface area contributed by atoms with Crippen LogP contribution in [0.5, 0.6) is 5.75 Å². The quantitative estimate of drug-likeness (QED) is 0.601. The van der Waals surface area contributed by atoms with Gasteiger partial charge in [0, 0.05) is 18.7 Å². The van der Waals surface area contributed by atoms with Crippen molar-refractivity contribution in [3.63, 3.8) is 0 Å². The molecule has 20 heavy (non-hydrogen) atoms. The number of hydrogen-bond donors (Lipinski definition) is 2. The summed E-state index contributed by atoms with van der Waals surface area (Å²) in [7, 11) is 0. The smallest absolute Gasteiger partial charge is 0.124 e. The van der Waals surface area contributed by atoms with E-state index in [0.717, 1.165) is 16.9 Å². The largest absolute Gasteiger partial charge is 0.489 e. The molecule has 2 N–H and O–H groups in total. The van der Waals surface area contributed by atoms with Crippen LogP contribution in [0.4, 0.5) is 0 Å². The first-order valence-corrected chi connectivity index (χ1v) is 6.81. The summed E-state index contributed by atoms with van der Waals surface area (Å²) in [4.78, 5) is 0. The third-order valence-corrected chi connectivity index (χ3v) is 3.06. The Bertz CT molecular complexity index is 593. The number of aliphatic hydroxyl groups excluding tert-OH is 1. The number of rotatable bonds is 7. The van der Waals surface area contributed by atoms with Crippen LogP contribution >= 0.6 is 0 Å². The number of fused-ring (bicyclic) bond motifs is 1. The van der Waals surface area contributed by atoms with E-state index in [0.29, 0.717) is 19.7 Å². The number of nitrogens with one attached hydrogen (secondary N) is 1. The molecule has 106 valence electrons. The number of benzene rings is 2. The Balaban J connectivity index is 2.33. The minimum atomic E-state index is 0.132. The molecule has 2 aromatic carbocycles. The second kappa shape index (κ2) is 7.08. The Hall–Kier alpha value is -1.84. The minimum Gasteiger partial charge on any atom is -0.489 e.